The van der Waals surface area contributed by atoms with Crippen LogP contribution in [0.5, 0.6) is 0 Å². The van der Waals surface area contributed by atoms with Crippen LogP contribution in [0.3, 0.4) is 0 Å². The fraction of sp³-hybridized carbons (Fsp3) is 0.500. The van der Waals surface area contributed by atoms with Crippen LogP contribution in [0.2, 0.25) is 0 Å². The van der Waals surface area contributed by atoms with Crippen LogP contribution in [0.4, 0.5) is 4.39 Å². The third kappa shape index (κ3) is 6.66. The molecule has 1 aliphatic heterocycles. The lowest BCUT2D eigenvalue weighted by molar-refractivity contribution is -0.138. The van der Waals surface area contributed by atoms with Crippen molar-refractivity contribution in [1.29, 1.82) is 0 Å². The third-order valence-electron chi connectivity index (χ3n) is 2.99. The molecule has 1 amide bonds. The van der Waals surface area contributed by atoms with Gasteiger partial charge in [0.15, 0.2) is 0 Å². The minimum absolute atomic E-state index is 0.135. The Labute approximate surface area is 144 Å². The average Bonchev–Trinajstić information content (AvgIpc) is 2.50. The maximum Gasteiger partial charge on any atom is 0.293 e. The van der Waals surface area contributed by atoms with Gasteiger partial charge in [-0.25, -0.2) is 4.39 Å². The number of carbonyl (C=O) groups is 2. The normalized spacial score (nSPS) is 14.6. The Hall–Kier alpha value is -1.47. The van der Waals surface area contributed by atoms with Gasteiger partial charge in [0.05, 0.1) is 10.0 Å². The molecule has 23 heavy (non-hydrogen) atoms. The maximum atomic E-state index is 13.7. The molecule has 7 heteroatoms. The van der Waals surface area contributed by atoms with Crippen molar-refractivity contribution >= 4 is 28.3 Å². The summed E-state index contributed by atoms with van der Waals surface area (Å²) in [5, 5.41) is 3.15. The molecule has 0 atom stereocenters. The second kappa shape index (κ2) is 8.98. The molecule has 0 spiro atoms. The van der Waals surface area contributed by atoms with E-state index in [0.717, 1.165) is 13.1 Å². The van der Waals surface area contributed by atoms with Crippen LogP contribution in [0, 0.1) is 5.82 Å². The number of rotatable bonds is 2. The molecule has 0 aliphatic carbocycles. The molecule has 0 radical (unpaired) electrons. The highest BCUT2D eigenvalue weighted by Crippen LogP contribution is 2.20. The second-order valence-electron chi connectivity index (χ2n) is 5.97. The highest BCUT2D eigenvalue weighted by Gasteiger charge is 2.21. The molecular weight excluding hydrogens is 367 g/mol. The number of nitrogens with zero attached hydrogens (tertiary/aromatic N) is 1. The zero-order chi connectivity index (χ0) is 17.5. The Morgan fingerprint density at radius 1 is 1.35 bits per heavy atom. The zero-order valence-corrected chi connectivity index (χ0v) is 15.2. The summed E-state index contributed by atoms with van der Waals surface area (Å²) >= 11 is 3.08. The third-order valence-corrected chi connectivity index (χ3v) is 3.60. The standard InChI is InChI=1S/C11H12BrFN2O.C5H10O2/c12-9-3-1-2-8(10(9)13)11(16)15-6-4-14-5-7-15;1-5(2,3)7-4-6/h1-3,14H,4-7H2;4H,1-3H3. The number of amides is 1. The molecule has 1 N–H and O–H groups in total. The fourth-order valence-electron chi connectivity index (χ4n) is 1.85. The van der Waals surface area contributed by atoms with E-state index in [9.17, 15) is 14.0 Å². The lowest BCUT2D eigenvalue weighted by Crippen LogP contribution is -2.46. The molecule has 0 saturated carbocycles. The lowest BCUT2D eigenvalue weighted by atomic mass is 10.1. The molecule has 2 rings (SSSR count). The Morgan fingerprint density at radius 3 is 2.43 bits per heavy atom. The van der Waals surface area contributed by atoms with Crippen LogP contribution in [-0.2, 0) is 9.53 Å². The molecule has 1 aromatic rings. The van der Waals surface area contributed by atoms with Crippen LogP contribution in [0.15, 0.2) is 22.7 Å². The molecule has 0 aromatic heterocycles. The topological polar surface area (TPSA) is 58.6 Å². The van der Waals surface area contributed by atoms with Crippen molar-refractivity contribution in [2.24, 2.45) is 0 Å². The smallest absolute Gasteiger partial charge is 0.293 e. The number of carbonyl (C=O) groups excluding carboxylic acids is 2. The van der Waals surface area contributed by atoms with Crippen LogP contribution in [0.25, 0.3) is 0 Å². The van der Waals surface area contributed by atoms with Gasteiger partial charge in [-0.1, -0.05) is 6.07 Å². The van der Waals surface area contributed by atoms with Crippen molar-refractivity contribution in [1.82, 2.24) is 10.2 Å². The molecule has 0 unspecified atom stereocenters. The highest BCUT2D eigenvalue weighted by molar-refractivity contribution is 9.10. The first-order chi connectivity index (χ1) is 10.8. The van der Waals surface area contributed by atoms with Crippen LogP contribution in [0.1, 0.15) is 31.1 Å². The summed E-state index contributed by atoms with van der Waals surface area (Å²) in [6.07, 6.45) is 0. The molecule has 128 valence electrons. The molecule has 5 nitrogen and oxygen atoms in total. The van der Waals surface area contributed by atoms with Crippen molar-refractivity contribution in [3.05, 3.63) is 34.1 Å². The predicted molar refractivity (Wildman–Crippen MR) is 89.8 cm³/mol. The summed E-state index contributed by atoms with van der Waals surface area (Å²) in [4.78, 5) is 23.3. The van der Waals surface area contributed by atoms with Gasteiger partial charge in [-0.15, -0.1) is 0 Å². The Kier molecular flexibility index (Phi) is 7.64. The predicted octanol–water partition coefficient (Wildman–Crippen LogP) is 2.59. The van der Waals surface area contributed by atoms with E-state index in [-0.39, 0.29) is 17.1 Å². The average molecular weight is 389 g/mol. The Bertz CT molecular complexity index is 541. The van der Waals surface area contributed by atoms with Gasteiger partial charge in [0, 0.05) is 26.2 Å². The van der Waals surface area contributed by atoms with Crippen LogP contribution >= 0.6 is 15.9 Å². The number of benzene rings is 1. The molecule has 1 aliphatic rings. The molecule has 0 bridgehead atoms. The number of ether oxygens (including phenoxy) is 1. The van der Waals surface area contributed by atoms with E-state index >= 15 is 0 Å². The van der Waals surface area contributed by atoms with Crippen molar-refractivity contribution in [2.45, 2.75) is 26.4 Å². The summed E-state index contributed by atoms with van der Waals surface area (Å²) < 4.78 is 18.6. The van der Waals surface area contributed by atoms with E-state index in [1.807, 2.05) is 20.8 Å². The number of hydrogen-bond donors (Lipinski definition) is 1. The van der Waals surface area contributed by atoms with Gasteiger partial charge < -0.3 is 15.0 Å². The SMILES string of the molecule is CC(C)(C)OC=O.O=C(c1cccc(Br)c1F)N1CCNCC1. The first kappa shape index (κ1) is 19.6. The van der Waals surface area contributed by atoms with E-state index in [1.54, 1.807) is 17.0 Å². The minimum Gasteiger partial charge on any atom is -0.462 e. The van der Waals surface area contributed by atoms with Gasteiger partial charge in [-0.2, -0.15) is 0 Å². The van der Waals surface area contributed by atoms with E-state index in [2.05, 4.69) is 26.0 Å². The molecule has 1 heterocycles. The molecule has 1 aromatic carbocycles. The van der Waals surface area contributed by atoms with E-state index < -0.39 is 5.82 Å². The molecule has 1 saturated heterocycles. The van der Waals surface area contributed by atoms with E-state index in [1.165, 1.54) is 6.07 Å². The summed E-state index contributed by atoms with van der Waals surface area (Å²) in [6.45, 7) is 8.71. The Balaban J connectivity index is 0.000000322. The highest BCUT2D eigenvalue weighted by atomic mass is 79.9. The summed E-state index contributed by atoms with van der Waals surface area (Å²) in [6, 6.07) is 4.77. The summed E-state index contributed by atoms with van der Waals surface area (Å²) in [7, 11) is 0. The first-order valence-electron chi connectivity index (χ1n) is 7.31. The summed E-state index contributed by atoms with van der Waals surface area (Å²) in [5.74, 6) is -0.716. The van der Waals surface area contributed by atoms with Gasteiger partial charge >= 0.3 is 0 Å². The fourth-order valence-corrected chi connectivity index (χ4v) is 2.22. The van der Waals surface area contributed by atoms with E-state index in [4.69, 9.17) is 0 Å². The molecular formula is C16H22BrFN2O3. The van der Waals surface area contributed by atoms with Crippen molar-refractivity contribution in [2.75, 3.05) is 26.2 Å². The maximum absolute atomic E-state index is 13.7. The summed E-state index contributed by atoms with van der Waals surface area (Å²) in [5.41, 5.74) is -0.182. The van der Waals surface area contributed by atoms with Gasteiger partial charge in [0.1, 0.15) is 11.4 Å². The quantitative estimate of drug-likeness (QED) is 0.791. The van der Waals surface area contributed by atoms with Gasteiger partial charge in [0.25, 0.3) is 12.4 Å². The van der Waals surface area contributed by atoms with E-state index in [0.29, 0.717) is 24.0 Å². The van der Waals surface area contributed by atoms with Crippen LogP contribution in [-0.4, -0.2) is 49.1 Å². The second-order valence-corrected chi connectivity index (χ2v) is 6.82. The number of nitrogens with one attached hydrogen (secondary N) is 1. The van der Waals surface area contributed by atoms with Gasteiger partial charge in [-0.3, -0.25) is 9.59 Å². The number of piperazine rings is 1. The lowest BCUT2D eigenvalue weighted by Gasteiger charge is -2.27. The number of halogens is 2. The zero-order valence-electron chi connectivity index (χ0n) is 13.6. The molecule has 1 fully saturated rings. The van der Waals surface area contributed by atoms with Gasteiger partial charge in [-0.05, 0) is 48.8 Å². The first-order valence-corrected chi connectivity index (χ1v) is 8.11. The van der Waals surface area contributed by atoms with Crippen molar-refractivity contribution in [3.8, 4) is 0 Å². The van der Waals surface area contributed by atoms with Crippen molar-refractivity contribution < 1.29 is 18.7 Å². The Morgan fingerprint density at radius 2 is 1.96 bits per heavy atom. The van der Waals surface area contributed by atoms with Crippen molar-refractivity contribution in [3.63, 3.8) is 0 Å². The van der Waals surface area contributed by atoms with Crippen LogP contribution < -0.4 is 5.32 Å². The van der Waals surface area contributed by atoms with Gasteiger partial charge in [0.2, 0.25) is 0 Å². The largest absolute Gasteiger partial charge is 0.462 e. The number of hydrogen-bond acceptors (Lipinski definition) is 4. The monoisotopic (exact) mass is 388 g/mol. The minimum atomic E-state index is -0.481.